The average Bonchev–Trinajstić information content (AvgIpc) is 3.11. The fourth-order valence-corrected chi connectivity index (χ4v) is 2.98. The maximum Gasteiger partial charge on any atom is 0.160 e. The fourth-order valence-electron chi connectivity index (χ4n) is 2.98. The van der Waals surface area contributed by atoms with E-state index in [0.29, 0.717) is 29.4 Å². The third kappa shape index (κ3) is 4.18. The molecule has 0 bridgehead atoms. The Morgan fingerprint density at radius 2 is 1.96 bits per heavy atom. The van der Waals surface area contributed by atoms with Crippen molar-refractivity contribution in [3.8, 4) is 22.8 Å². The monoisotopic (exact) mass is 385 g/mol. The summed E-state index contributed by atoms with van der Waals surface area (Å²) in [5, 5.41) is 18.0. The van der Waals surface area contributed by atoms with E-state index < -0.39 is 6.10 Å². The van der Waals surface area contributed by atoms with Crippen molar-refractivity contribution in [1.82, 2.24) is 20.1 Å². The van der Waals surface area contributed by atoms with Crippen LogP contribution in [0.15, 0.2) is 30.5 Å². The van der Waals surface area contributed by atoms with E-state index in [2.05, 4.69) is 10.4 Å². The molecule has 0 aliphatic heterocycles. The summed E-state index contributed by atoms with van der Waals surface area (Å²) < 4.78 is 13.0. The second-order valence-corrected chi connectivity index (χ2v) is 6.94. The predicted octanol–water partition coefficient (Wildman–Crippen LogP) is 2.23. The van der Waals surface area contributed by atoms with Crippen molar-refractivity contribution in [3.63, 3.8) is 0 Å². The number of aliphatic hydroxyl groups is 1. The zero-order valence-electron chi connectivity index (χ0n) is 16.6. The van der Waals surface area contributed by atoms with Gasteiger partial charge in [-0.3, -0.25) is 0 Å². The summed E-state index contributed by atoms with van der Waals surface area (Å²) in [6, 6.07) is 7.50. The van der Waals surface area contributed by atoms with E-state index in [1.165, 1.54) is 0 Å². The van der Waals surface area contributed by atoms with Crippen molar-refractivity contribution in [2.75, 3.05) is 33.0 Å². The average molecular weight is 385 g/mol. The number of likely N-dealkylation sites (N-methyl/N-ethyl adjacent to an activating group) is 1. The lowest BCUT2D eigenvalue weighted by molar-refractivity contribution is 0.108. The highest BCUT2D eigenvalue weighted by Crippen LogP contribution is 2.32. The lowest BCUT2D eigenvalue weighted by atomic mass is 10.1. The van der Waals surface area contributed by atoms with Crippen LogP contribution >= 0.6 is 0 Å². The number of nitrogens with two attached hydrogens (primary N) is 1. The zero-order chi connectivity index (χ0) is 20.3. The Hall–Kier alpha value is -2.84. The molecule has 0 amide bonds. The number of ether oxygens (including phenoxy) is 2. The van der Waals surface area contributed by atoms with Gasteiger partial charge in [0, 0.05) is 29.9 Å². The third-order valence-corrected chi connectivity index (χ3v) is 4.38. The molecule has 2 heterocycles. The largest absolute Gasteiger partial charge is 0.497 e. The third-order valence-electron chi connectivity index (χ3n) is 4.38. The summed E-state index contributed by atoms with van der Waals surface area (Å²) in [6.07, 6.45) is 1.13. The Morgan fingerprint density at radius 3 is 2.64 bits per heavy atom. The Morgan fingerprint density at radius 1 is 1.21 bits per heavy atom. The molecule has 4 N–H and O–H groups in total. The molecule has 0 fully saturated rings. The van der Waals surface area contributed by atoms with Crippen molar-refractivity contribution < 1.29 is 14.6 Å². The maximum atomic E-state index is 9.88. The fraction of sp³-hybridized carbons (Fsp3) is 0.400. The van der Waals surface area contributed by atoms with Gasteiger partial charge in [-0.15, -0.1) is 0 Å². The highest BCUT2D eigenvalue weighted by Gasteiger charge is 2.14. The van der Waals surface area contributed by atoms with Gasteiger partial charge in [-0.05, 0) is 39.1 Å². The number of anilines is 1. The molecule has 0 radical (unpaired) electrons. The van der Waals surface area contributed by atoms with Gasteiger partial charge in [0.2, 0.25) is 0 Å². The molecular formula is C20H27N5O3. The molecule has 0 saturated carbocycles. The van der Waals surface area contributed by atoms with Crippen LogP contribution in [0.3, 0.4) is 0 Å². The van der Waals surface area contributed by atoms with Crippen LogP contribution in [0.4, 0.5) is 5.69 Å². The molecule has 0 aliphatic carbocycles. The van der Waals surface area contributed by atoms with Gasteiger partial charge in [0.1, 0.15) is 24.2 Å². The highest BCUT2D eigenvalue weighted by atomic mass is 16.5. The number of nitrogen functional groups attached to an aromatic ring is 1. The van der Waals surface area contributed by atoms with Gasteiger partial charge in [-0.25, -0.2) is 9.67 Å². The van der Waals surface area contributed by atoms with E-state index in [1.54, 1.807) is 26.4 Å². The van der Waals surface area contributed by atoms with E-state index in [-0.39, 0.29) is 12.6 Å². The predicted molar refractivity (Wildman–Crippen MR) is 110 cm³/mol. The van der Waals surface area contributed by atoms with E-state index in [1.807, 2.05) is 36.7 Å². The normalized spacial score (nSPS) is 12.5. The smallest absolute Gasteiger partial charge is 0.160 e. The van der Waals surface area contributed by atoms with Gasteiger partial charge in [-0.1, -0.05) is 0 Å². The Balaban J connectivity index is 2.00. The number of hydrogen-bond acceptors (Lipinski definition) is 7. The molecule has 1 unspecified atom stereocenters. The van der Waals surface area contributed by atoms with Crippen LogP contribution in [0.1, 0.15) is 19.9 Å². The molecule has 8 heteroatoms. The zero-order valence-corrected chi connectivity index (χ0v) is 16.6. The van der Waals surface area contributed by atoms with E-state index in [9.17, 15) is 5.11 Å². The van der Waals surface area contributed by atoms with Gasteiger partial charge in [0.05, 0.1) is 24.4 Å². The van der Waals surface area contributed by atoms with Crippen LogP contribution < -0.4 is 20.5 Å². The number of rotatable bonds is 8. The molecule has 3 rings (SSSR count). The van der Waals surface area contributed by atoms with Crippen LogP contribution in [-0.4, -0.2) is 53.3 Å². The number of aromatic nitrogens is 3. The quantitative estimate of drug-likeness (QED) is 0.546. The lowest BCUT2D eigenvalue weighted by Gasteiger charge is -2.14. The van der Waals surface area contributed by atoms with Crippen molar-refractivity contribution in [2.24, 2.45) is 0 Å². The maximum absolute atomic E-state index is 9.88. The van der Waals surface area contributed by atoms with Crippen LogP contribution in [0.5, 0.6) is 11.5 Å². The number of aliphatic hydroxyl groups excluding tert-OH is 1. The minimum Gasteiger partial charge on any atom is -0.497 e. The molecular weight excluding hydrogens is 358 g/mol. The van der Waals surface area contributed by atoms with Crippen LogP contribution in [0.2, 0.25) is 0 Å². The van der Waals surface area contributed by atoms with Crippen LogP contribution in [-0.2, 0) is 0 Å². The Kier molecular flexibility index (Phi) is 6.01. The number of benzene rings is 1. The molecule has 1 aromatic carbocycles. The summed E-state index contributed by atoms with van der Waals surface area (Å²) in [5.74, 6) is 1.22. The summed E-state index contributed by atoms with van der Waals surface area (Å²) >= 11 is 0. The molecule has 0 saturated heterocycles. The van der Waals surface area contributed by atoms with Gasteiger partial charge < -0.3 is 25.6 Å². The second-order valence-electron chi connectivity index (χ2n) is 6.94. The van der Waals surface area contributed by atoms with Crippen LogP contribution in [0.25, 0.3) is 22.3 Å². The molecule has 0 aliphatic rings. The van der Waals surface area contributed by atoms with Crippen molar-refractivity contribution >= 4 is 16.7 Å². The Bertz CT molecular complexity index is 954. The van der Waals surface area contributed by atoms with Crippen molar-refractivity contribution in [1.29, 1.82) is 0 Å². The van der Waals surface area contributed by atoms with Crippen LogP contribution in [0, 0.1) is 0 Å². The minimum atomic E-state index is -0.606. The molecule has 2 aromatic heterocycles. The molecule has 150 valence electrons. The van der Waals surface area contributed by atoms with Gasteiger partial charge in [-0.2, -0.15) is 5.10 Å². The highest BCUT2D eigenvalue weighted by molar-refractivity contribution is 5.90. The summed E-state index contributed by atoms with van der Waals surface area (Å²) in [5.41, 5.74) is 9.11. The van der Waals surface area contributed by atoms with Crippen molar-refractivity contribution in [2.45, 2.75) is 26.0 Å². The van der Waals surface area contributed by atoms with E-state index in [4.69, 9.17) is 20.2 Å². The number of pyridine rings is 1. The van der Waals surface area contributed by atoms with Gasteiger partial charge in [0.15, 0.2) is 5.65 Å². The van der Waals surface area contributed by atoms with Crippen molar-refractivity contribution in [3.05, 3.63) is 30.5 Å². The van der Waals surface area contributed by atoms with E-state index in [0.717, 1.165) is 16.6 Å². The molecule has 28 heavy (non-hydrogen) atoms. The first-order valence-corrected chi connectivity index (χ1v) is 9.21. The molecule has 0 spiro atoms. The molecule has 3 aromatic rings. The standard InChI is InChI=1S/C20H27N5O3/c1-12(2)25-20-17(10-23-25)18(21)8-19(24-20)13-5-15(27-4)7-16(6-13)28-11-14(26)9-22-3/h5-8,10,12,14,22,26H,9,11H2,1-4H3,(H2,21,24). The van der Waals surface area contributed by atoms with Gasteiger partial charge >= 0.3 is 0 Å². The van der Waals surface area contributed by atoms with E-state index >= 15 is 0 Å². The molecule has 8 nitrogen and oxygen atoms in total. The summed E-state index contributed by atoms with van der Waals surface area (Å²) in [7, 11) is 3.37. The molecule has 1 atom stereocenters. The number of hydrogen-bond donors (Lipinski definition) is 3. The number of methoxy groups -OCH3 is 1. The number of nitrogens with zero attached hydrogens (tertiary/aromatic N) is 3. The first kappa shape index (κ1) is 19.9. The first-order chi connectivity index (χ1) is 13.4. The lowest BCUT2D eigenvalue weighted by Crippen LogP contribution is -2.29. The summed E-state index contributed by atoms with van der Waals surface area (Å²) in [6.45, 7) is 4.71. The Labute approximate surface area is 164 Å². The number of nitrogens with one attached hydrogen (secondary N) is 1. The topological polar surface area (TPSA) is 107 Å². The first-order valence-electron chi connectivity index (χ1n) is 9.21. The van der Waals surface area contributed by atoms with Gasteiger partial charge in [0.25, 0.3) is 0 Å². The second kappa shape index (κ2) is 8.45. The SMILES string of the molecule is CNCC(O)COc1cc(OC)cc(-c2cc(N)c3cnn(C(C)C)c3n2)c1. The summed E-state index contributed by atoms with van der Waals surface area (Å²) in [4.78, 5) is 4.78. The minimum absolute atomic E-state index is 0.164. The number of fused-ring (bicyclic) bond motifs is 1.